The molecule has 2 aliphatic rings. The standard InChI is InChI=1S/C22H29N3O5/c1-24-20(26)14-23-18-12-16(25-7-9-29-10-8-25)13-19(22(18)24)30-17-5-3-15(4-6-17)11-21(27)28-2/h12-15,17H,3-11H2,1-2H3. The normalized spacial score (nSPS) is 22.1. The first kappa shape index (κ1) is 20.7. The van der Waals surface area contributed by atoms with E-state index in [4.69, 9.17) is 14.2 Å². The number of benzene rings is 1. The zero-order valence-corrected chi connectivity index (χ0v) is 17.6. The Morgan fingerprint density at radius 3 is 2.63 bits per heavy atom. The molecule has 1 aliphatic carbocycles. The zero-order valence-electron chi connectivity index (χ0n) is 17.6. The summed E-state index contributed by atoms with van der Waals surface area (Å²) in [6.07, 6.45) is 5.48. The van der Waals surface area contributed by atoms with Crippen LogP contribution in [0.15, 0.2) is 23.1 Å². The summed E-state index contributed by atoms with van der Waals surface area (Å²) in [6.45, 7) is 3.02. The fourth-order valence-electron chi connectivity index (χ4n) is 4.38. The minimum absolute atomic E-state index is 0.0531. The van der Waals surface area contributed by atoms with Crippen LogP contribution < -0.4 is 15.2 Å². The largest absolute Gasteiger partial charge is 0.488 e. The second-order valence-electron chi connectivity index (χ2n) is 8.11. The van der Waals surface area contributed by atoms with E-state index < -0.39 is 0 Å². The number of nitrogens with zero attached hydrogens (tertiary/aromatic N) is 3. The highest BCUT2D eigenvalue weighted by molar-refractivity contribution is 5.85. The summed E-state index contributed by atoms with van der Waals surface area (Å²) in [4.78, 5) is 30.4. The number of carbonyl (C=O) groups is 1. The maximum absolute atomic E-state index is 12.2. The highest BCUT2D eigenvalue weighted by Gasteiger charge is 2.26. The molecule has 1 saturated heterocycles. The summed E-state index contributed by atoms with van der Waals surface area (Å²) >= 11 is 0. The summed E-state index contributed by atoms with van der Waals surface area (Å²) in [5, 5.41) is 0. The van der Waals surface area contributed by atoms with Gasteiger partial charge in [-0.3, -0.25) is 9.59 Å². The lowest BCUT2D eigenvalue weighted by Gasteiger charge is -2.31. The number of rotatable bonds is 5. The van der Waals surface area contributed by atoms with E-state index in [9.17, 15) is 9.59 Å². The van der Waals surface area contributed by atoms with Gasteiger partial charge in [-0.1, -0.05) is 0 Å². The molecule has 4 rings (SSSR count). The topological polar surface area (TPSA) is 82.9 Å². The maximum atomic E-state index is 12.2. The number of esters is 1. The van der Waals surface area contributed by atoms with Crippen LogP contribution in [-0.2, 0) is 21.3 Å². The van der Waals surface area contributed by atoms with Crippen molar-refractivity contribution < 1.29 is 19.0 Å². The second-order valence-corrected chi connectivity index (χ2v) is 8.11. The zero-order chi connectivity index (χ0) is 21.1. The molecule has 0 atom stereocenters. The number of aromatic nitrogens is 2. The van der Waals surface area contributed by atoms with E-state index in [1.807, 2.05) is 12.1 Å². The molecule has 30 heavy (non-hydrogen) atoms. The third-order valence-corrected chi connectivity index (χ3v) is 6.17. The van der Waals surface area contributed by atoms with E-state index in [2.05, 4.69) is 9.88 Å². The first-order valence-electron chi connectivity index (χ1n) is 10.6. The average molecular weight is 415 g/mol. The van der Waals surface area contributed by atoms with Gasteiger partial charge in [-0.05, 0) is 37.7 Å². The molecule has 0 amide bonds. The van der Waals surface area contributed by atoms with Crippen LogP contribution in [0.3, 0.4) is 0 Å². The molecule has 2 fully saturated rings. The lowest BCUT2D eigenvalue weighted by molar-refractivity contribution is -0.142. The minimum Gasteiger partial charge on any atom is -0.488 e. The van der Waals surface area contributed by atoms with Gasteiger partial charge in [0, 0.05) is 38.3 Å². The molecule has 1 saturated carbocycles. The Bertz CT molecular complexity index is 959. The van der Waals surface area contributed by atoms with Crippen molar-refractivity contribution in [3.63, 3.8) is 0 Å². The van der Waals surface area contributed by atoms with Gasteiger partial charge >= 0.3 is 5.97 Å². The van der Waals surface area contributed by atoms with Crippen molar-refractivity contribution in [2.45, 2.75) is 38.2 Å². The summed E-state index contributed by atoms with van der Waals surface area (Å²) in [5.41, 5.74) is 2.34. The Balaban J connectivity index is 1.58. The summed E-state index contributed by atoms with van der Waals surface area (Å²) in [5.74, 6) is 0.891. The Morgan fingerprint density at radius 2 is 1.93 bits per heavy atom. The predicted octanol–water partition coefficient (Wildman–Crippen LogP) is 2.27. The van der Waals surface area contributed by atoms with Crippen LogP contribution in [0.25, 0.3) is 11.0 Å². The number of anilines is 1. The molecule has 0 bridgehead atoms. The Kier molecular flexibility index (Phi) is 6.22. The number of aryl methyl sites for hydroxylation is 1. The number of fused-ring (bicyclic) bond motifs is 1. The summed E-state index contributed by atoms with van der Waals surface area (Å²) in [6, 6.07) is 4.04. The van der Waals surface area contributed by atoms with E-state index in [1.165, 1.54) is 13.3 Å². The number of carbonyl (C=O) groups excluding carboxylic acids is 1. The van der Waals surface area contributed by atoms with E-state index >= 15 is 0 Å². The monoisotopic (exact) mass is 415 g/mol. The fourth-order valence-corrected chi connectivity index (χ4v) is 4.38. The second kappa shape index (κ2) is 9.04. The van der Waals surface area contributed by atoms with Crippen molar-refractivity contribution in [2.75, 3.05) is 38.3 Å². The Hall–Kier alpha value is -2.61. The smallest absolute Gasteiger partial charge is 0.305 e. The molecule has 0 spiro atoms. The van der Waals surface area contributed by atoms with Crippen molar-refractivity contribution in [2.24, 2.45) is 13.0 Å². The summed E-state index contributed by atoms with van der Waals surface area (Å²) < 4.78 is 18.3. The van der Waals surface area contributed by atoms with Crippen LogP contribution in [0.4, 0.5) is 5.69 Å². The molecular weight excluding hydrogens is 386 g/mol. The number of hydrogen-bond acceptors (Lipinski definition) is 7. The fraction of sp³-hybridized carbons (Fsp3) is 0.591. The van der Waals surface area contributed by atoms with Crippen LogP contribution in [-0.4, -0.2) is 55.0 Å². The van der Waals surface area contributed by atoms with Gasteiger partial charge in [-0.2, -0.15) is 0 Å². The van der Waals surface area contributed by atoms with Crippen molar-refractivity contribution in [3.8, 4) is 5.75 Å². The molecule has 1 aliphatic heterocycles. The summed E-state index contributed by atoms with van der Waals surface area (Å²) in [7, 11) is 3.18. The lowest BCUT2D eigenvalue weighted by Crippen LogP contribution is -2.36. The lowest BCUT2D eigenvalue weighted by atomic mass is 9.85. The third-order valence-electron chi connectivity index (χ3n) is 6.17. The predicted molar refractivity (Wildman–Crippen MR) is 113 cm³/mol. The molecule has 0 N–H and O–H groups in total. The molecule has 1 aromatic heterocycles. The highest BCUT2D eigenvalue weighted by Crippen LogP contribution is 2.35. The number of morpholine rings is 1. The van der Waals surface area contributed by atoms with Gasteiger partial charge in [0.15, 0.2) is 0 Å². The molecule has 162 valence electrons. The molecule has 2 aromatic rings. The molecule has 0 unspecified atom stereocenters. The Labute approximate surface area is 175 Å². The number of hydrogen-bond donors (Lipinski definition) is 0. The molecular formula is C22H29N3O5. The van der Waals surface area contributed by atoms with Gasteiger partial charge in [-0.15, -0.1) is 0 Å². The van der Waals surface area contributed by atoms with Gasteiger partial charge in [0.05, 0.1) is 38.1 Å². The SMILES string of the molecule is COC(=O)CC1CCC(Oc2cc(N3CCOCC3)cc3ncc(=O)n(C)c23)CC1. The molecule has 8 heteroatoms. The molecule has 1 aromatic carbocycles. The van der Waals surface area contributed by atoms with Gasteiger partial charge in [-0.25, -0.2) is 4.98 Å². The number of ether oxygens (including phenoxy) is 3. The van der Waals surface area contributed by atoms with Gasteiger partial charge < -0.3 is 23.7 Å². The first-order chi connectivity index (χ1) is 14.5. The van der Waals surface area contributed by atoms with Crippen molar-refractivity contribution in [1.29, 1.82) is 0 Å². The van der Waals surface area contributed by atoms with Crippen LogP contribution >= 0.6 is 0 Å². The third kappa shape index (κ3) is 4.43. The number of methoxy groups -OCH3 is 1. The Morgan fingerprint density at radius 1 is 1.20 bits per heavy atom. The molecule has 2 heterocycles. The maximum Gasteiger partial charge on any atom is 0.305 e. The van der Waals surface area contributed by atoms with Crippen LogP contribution in [0.2, 0.25) is 0 Å². The van der Waals surface area contributed by atoms with E-state index in [1.54, 1.807) is 11.6 Å². The van der Waals surface area contributed by atoms with E-state index in [0.717, 1.165) is 55.5 Å². The van der Waals surface area contributed by atoms with E-state index in [0.29, 0.717) is 31.3 Å². The van der Waals surface area contributed by atoms with Crippen molar-refractivity contribution in [3.05, 3.63) is 28.7 Å². The van der Waals surface area contributed by atoms with Gasteiger partial charge in [0.2, 0.25) is 0 Å². The van der Waals surface area contributed by atoms with Crippen molar-refractivity contribution >= 4 is 22.7 Å². The molecule has 0 radical (unpaired) electrons. The quantitative estimate of drug-likeness (QED) is 0.693. The van der Waals surface area contributed by atoms with E-state index in [-0.39, 0.29) is 17.6 Å². The van der Waals surface area contributed by atoms with Gasteiger partial charge in [0.1, 0.15) is 11.3 Å². The van der Waals surface area contributed by atoms with Crippen molar-refractivity contribution in [1.82, 2.24) is 9.55 Å². The van der Waals surface area contributed by atoms with Crippen LogP contribution in [0.5, 0.6) is 5.75 Å². The average Bonchev–Trinajstić information content (AvgIpc) is 2.78. The first-order valence-corrected chi connectivity index (χ1v) is 10.6. The van der Waals surface area contributed by atoms with Crippen LogP contribution in [0.1, 0.15) is 32.1 Å². The minimum atomic E-state index is -0.159. The molecule has 8 nitrogen and oxygen atoms in total. The van der Waals surface area contributed by atoms with Gasteiger partial charge in [0.25, 0.3) is 5.56 Å². The van der Waals surface area contributed by atoms with Crippen LogP contribution in [0, 0.1) is 5.92 Å². The highest BCUT2D eigenvalue weighted by atomic mass is 16.5.